The Balaban J connectivity index is 2.23. The van der Waals surface area contributed by atoms with E-state index in [2.05, 4.69) is 31.0 Å². The number of halogens is 1. The standard InChI is InChI=1S/C14H16ClN/c1-14(2)6-5-13-11(8-14)10-7-9(15)3-4-12(10)16-13/h3-4,7,16H,5-6,8H2,1-2H3. The molecule has 0 aliphatic heterocycles. The molecule has 0 bridgehead atoms. The minimum atomic E-state index is 0.421. The molecule has 0 saturated carbocycles. The van der Waals surface area contributed by atoms with E-state index in [0.717, 1.165) is 17.9 Å². The van der Waals surface area contributed by atoms with E-state index in [1.807, 2.05) is 6.07 Å². The molecule has 1 aromatic heterocycles. The Morgan fingerprint density at radius 1 is 1.31 bits per heavy atom. The molecule has 1 heterocycles. The quantitative estimate of drug-likeness (QED) is 0.697. The highest BCUT2D eigenvalue weighted by Gasteiger charge is 2.27. The number of hydrogen-bond donors (Lipinski definition) is 1. The van der Waals surface area contributed by atoms with Gasteiger partial charge in [-0.2, -0.15) is 0 Å². The molecule has 0 spiro atoms. The van der Waals surface area contributed by atoms with Crippen LogP contribution in [0.4, 0.5) is 0 Å². The second-order valence-electron chi connectivity index (χ2n) is 5.61. The van der Waals surface area contributed by atoms with E-state index in [9.17, 15) is 0 Å². The summed E-state index contributed by atoms with van der Waals surface area (Å²) in [7, 11) is 0. The van der Waals surface area contributed by atoms with Crippen molar-refractivity contribution in [3.63, 3.8) is 0 Å². The predicted octanol–water partition coefficient (Wildman–Crippen LogP) is 4.34. The van der Waals surface area contributed by atoms with Crippen LogP contribution in [0.5, 0.6) is 0 Å². The molecule has 0 amide bonds. The van der Waals surface area contributed by atoms with Crippen LogP contribution in [0, 0.1) is 5.41 Å². The van der Waals surface area contributed by atoms with Crippen molar-refractivity contribution >= 4 is 22.5 Å². The zero-order chi connectivity index (χ0) is 11.3. The van der Waals surface area contributed by atoms with Crippen LogP contribution >= 0.6 is 11.6 Å². The van der Waals surface area contributed by atoms with E-state index in [1.165, 1.54) is 28.6 Å². The molecule has 1 N–H and O–H groups in total. The Kier molecular flexibility index (Phi) is 2.09. The van der Waals surface area contributed by atoms with Crippen molar-refractivity contribution in [1.82, 2.24) is 4.98 Å². The van der Waals surface area contributed by atoms with Gasteiger partial charge >= 0.3 is 0 Å². The average Bonchev–Trinajstić information content (AvgIpc) is 2.55. The summed E-state index contributed by atoms with van der Waals surface area (Å²) in [6, 6.07) is 6.13. The van der Waals surface area contributed by atoms with Gasteiger partial charge < -0.3 is 4.98 Å². The highest BCUT2D eigenvalue weighted by molar-refractivity contribution is 6.31. The third-order valence-electron chi connectivity index (χ3n) is 3.66. The van der Waals surface area contributed by atoms with Gasteiger partial charge in [-0.15, -0.1) is 0 Å². The van der Waals surface area contributed by atoms with Crippen LogP contribution in [-0.2, 0) is 12.8 Å². The Hall–Kier alpha value is -0.950. The summed E-state index contributed by atoms with van der Waals surface area (Å²) in [4.78, 5) is 3.52. The molecular weight excluding hydrogens is 218 g/mol. The first-order valence-corrected chi connectivity index (χ1v) is 6.22. The van der Waals surface area contributed by atoms with Crippen molar-refractivity contribution < 1.29 is 0 Å². The lowest BCUT2D eigenvalue weighted by atomic mass is 9.76. The van der Waals surface area contributed by atoms with E-state index < -0.39 is 0 Å². The highest BCUT2D eigenvalue weighted by atomic mass is 35.5. The maximum absolute atomic E-state index is 6.08. The fraction of sp³-hybridized carbons (Fsp3) is 0.429. The summed E-state index contributed by atoms with van der Waals surface area (Å²) in [5.41, 5.74) is 4.54. The Labute approximate surface area is 101 Å². The molecule has 3 rings (SSSR count). The maximum Gasteiger partial charge on any atom is 0.0460 e. The van der Waals surface area contributed by atoms with Gasteiger partial charge in [-0.1, -0.05) is 25.4 Å². The molecule has 84 valence electrons. The van der Waals surface area contributed by atoms with Gasteiger partial charge in [0, 0.05) is 21.6 Å². The molecule has 0 fully saturated rings. The SMILES string of the molecule is CC1(C)CCc2[nH]c3ccc(Cl)cc3c2C1. The summed E-state index contributed by atoms with van der Waals surface area (Å²) in [5.74, 6) is 0. The van der Waals surface area contributed by atoms with Crippen LogP contribution in [-0.4, -0.2) is 4.98 Å². The van der Waals surface area contributed by atoms with Crippen molar-refractivity contribution in [2.75, 3.05) is 0 Å². The lowest BCUT2D eigenvalue weighted by molar-refractivity contribution is 0.315. The fourth-order valence-corrected chi connectivity index (χ4v) is 2.89. The molecule has 1 nitrogen and oxygen atoms in total. The molecule has 1 aliphatic rings. The Morgan fingerprint density at radius 3 is 2.94 bits per heavy atom. The van der Waals surface area contributed by atoms with Gasteiger partial charge in [0.05, 0.1) is 0 Å². The first kappa shape index (κ1) is 10.2. The van der Waals surface area contributed by atoms with Crippen molar-refractivity contribution in [3.05, 3.63) is 34.5 Å². The largest absolute Gasteiger partial charge is 0.358 e. The average molecular weight is 234 g/mol. The summed E-state index contributed by atoms with van der Waals surface area (Å²) < 4.78 is 0. The fourth-order valence-electron chi connectivity index (χ4n) is 2.72. The summed E-state index contributed by atoms with van der Waals surface area (Å²) in [6.07, 6.45) is 3.58. The van der Waals surface area contributed by atoms with E-state index in [-0.39, 0.29) is 0 Å². The van der Waals surface area contributed by atoms with Crippen molar-refractivity contribution in [2.24, 2.45) is 5.41 Å². The van der Waals surface area contributed by atoms with Gasteiger partial charge in [-0.3, -0.25) is 0 Å². The van der Waals surface area contributed by atoms with Crippen LogP contribution in [0.2, 0.25) is 5.02 Å². The predicted molar refractivity (Wildman–Crippen MR) is 69.1 cm³/mol. The zero-order valence-corrected chi connectivity index (χ0v) is 10.5. The zero-order valence-electron chi connectivity index (χ0n) is 9.73. The number of aryl methyl sites for hydroxylation is 1. The van der Waals surface area contributed by atoms with Gasteiger partial charge in [0.15, 0.2) is 0 Å². The first-order chi connectivity index (χ1) is 7.55. The van der Waals surface area contributed by atoms with E-state index in [0.29, 0.717) is 5.41 Å². The first-order valence-electron chi connectivity index (χ1n) is 5.84. The second-order valence-corrected chi connectivity index (χ2v) is 6.05. The van der Waals surface area contributed by atoms with Crippen LogP contribution in [0.3, 0.4) is 0 Å². The lowest BCUT2D eigenvalue weighted by Gasteiger charge is -2.29. The number of benzene rings is 1. The number of fused-ring (bicyclic) bond motifs is 3. The van der Waals surface area contributed by atoms with Crippen molar-refractivity contribution in [3.8, 4) is 0 Å². The number of aromatic amines is 1. The number of H-pyrrole nitrogens is 1. The normalized spacial score (nSPS) is 18.7. The van der Waals surface area contributed by atoms with Gasteiger partial charge in [0.1, 0.15) is 0 Å². The highest BCUT2D eigenvalue weighted by Crippen LogP contribution is 2.38. The van der Waals surface area contributed by atoms with Crippen LogP contribution < -0.4 is 0 Å². The van der Waals surface area contributed by atoms with E-state index in [4.69, 9.17) is 11.6 Å². The molecular formula is C14H16ClN. The monoisotopic (exact) mass is 233 g/mol. The molecule has 0 unspecified atom stereocenters. The van der Waals surface area contributed by atoms with Gasteiger partial charge in [0.2, 0.25) is 0 Å². The maximum atomic E-state index is 6.08. The topological polar surface area (TPSA) is 15.8 Å². The van der Waals surface area contributed by atoms with Crippen molar-refractivity contribution in [2.45, 2.75) is 33.1 Å². The number of hydrogen-bond acceptors (Lipinski definition) is 0. The minimum Gasteiger partial charge on any atom is -0.358 e. The molecule has 2 aromatic rings. The van der Waals surface area contributed by atoms with Crippen LogP contribution in [0.1, 0.15) is 31.5 Å². The van der Waals surface area contributed by atoms with Crippen molar-refractivity contribution in [1.29, 1.82) is 0 Å². The molecule has 0 saturated heterocycles. The van der Waals surface area contributed by atoms with Crippen LogP contribution in [0.25, 0.3) is 10.9 Å². The van der Waals surface area contributed by atoms with Gasteiger partial charge in [0.25, 0.3) is 0 Å². The number of aromatic nitrogens is 1. The lowest BCUT2D eigenvalue weighted by Crippen LogP contribution is -2.21. The third-order valence-corrected chi connectivity index (χ3v) is 3.90. The third kappa shape index (κ3) is 1.54. The summed E-state index contributed by atoms with van der Waals surface area (Å²) in [5, 5.41) is 2.15. The second kappa shape index (κ2) is 3.27. The number of nitrogens with one attached hydrogen (secondary N) is 1. The smallest absolute Gasteiger partial charge is 0.0460 e. The van der Waals surface area contributed by atoms with E-state index >= 15 is 0 Å². The van der Waals surface area contributed by atoms with E-state index in [1.54, 1.807) is 0 Å². The molecule has 0 atom stereocenters. The Bertz CT molecular complexity index is 551. The summed E-state index contributed by atoms with van der Waals surface area (Å²) >= 11 is 6.08. The summed E-state index contributed by atoms with van der Waals surface area (Å²) in [6.45, 7) is 4.69. The molecule has 0 radical (unpaired) electrons. The minimum absolute atomic E-state index is 0.421. The van der Waals surface area contributed by atoms with Gasteiger partial charge in [-0.05, 0) is 48.4 Å². The number of rotatable bonds is 0. The molecule has 16 heavy (non-hydrogen) atoms. The van der Waals surface area contributed by atoms with Crippen LogP contribution in [0.15, 0.2) is 18.2 Å². The Morgan fingerprint density at radius 2 is 2.12 bits per heavy atom. The molecule has 1 aliphatic carbocycles. The van der Waals surface area contributed by atoms with Gasteiger partial charge in [-0.25, -0.2) is 0 Å². The molecule has 1 aromatic carbocycles. The molecule has 2 heteroatoms.